The maximum Gasteiger partial charge on any atom is 0.184 e. The number of nitrogens with one attached hydrogen (secondary N) is 1. The zero-order valence-corrected chi connectivity index (χ0v) is 11.3. The number of imidazole rings is 1. The number of rotatable bonds is 3. The number of H-pyrrole nitrogens is 1. The average Bonchev–Trinajstić information content (AvgIpc) is 2.76. The van der Waals surface area contributed by atoms with Crippen molar-refractivity contribution < 1.29 is 4.74 Å². The lowest BCUT2D eigenvalue weighted by Gasteiger charge is -2.10. The van der Waals surface area contributed by atoms with E-state index in [1.807, 2.05) is 47.9 Å². The minimum Gasteiger partial charge on any atom is -0.492 e. The number of para-hydroxylation sites is 2. The summed E-state index contributed by atoms with van der Waals surface area (Å²) < 4.78 is 8.17. The van der Waals surface area contributed by atoms with Gasteiger partial charge in [-0.1, -0.05) is 12.1 Å². The SMILES string of the molecule is CCOc1ccccc1-n1c(=S)[nH]c2cccnc21. The van der Waals surface area contributed by atoms with Crippen LogP contribution in [0.5, 0.6) is 5.75 Å². The van der Waals surface area contributed by atoms with Crippen LogP contribution in [-0.2, 0) is 0 Å². The first kappa shape index (κ1) is 11.9. The topological polar surface area (TPSA) is 42.8 Å². The van der Waals surface area contributed by atoms with Crippen LogP contribution in [0.3, 0.4) is 0 Å². The second kappa shape index (κ2) is 4.85. The van der Waals surface area contributed by atoms with E-state index >= 15 is 0 Å². The van der Waals surface area contributed by atoms with E-state index in [1.165, 1.54) is 0 Å². The van der Waals surface area contributed by atoms with Crippen molar-refractivity contribution in [3.63, 3.8) is 0 Å². The fourth-order valence-corrected chi connectivity index (χ4v) is 2.38. The van der Waals surface area contributed by atoms with Crippen molar-refractivity contribution in [2.45, 2.75) is 6.92 Å². The van der Waals surface area contributed by atoms with Crippen molar-refractivity contribution in [1.82, 2.24) is 14.5 Å². The summed E-state index contributed by atoms with van der Waals surface area (Å²) in [6, 6.07) is 11.7. The Morgan fingerprint density at radius 3 is 2.95 bits per heavy atom. The Morgan fingerprint density at radius 2 is 2.11 bits per heavy atom. The fraction of sp³-hybridized carbons (Fsp3) is 0.143. The molecular formula is C14H13N3OS. The fourth-order valence-electron chi connectivity index (χ4n) is 2.08. The van der Waals surface area contributed by atoms with Gasteiger partial charge in [0, 0.05) is 6.20 Å². The van der Waals surface area contributed by atoms with Crippen molar-refractivity contribution in [3.05, 3.63) is 47.4 Å². The lowest BCUT2D eigenvalue weighted by Crippen LogP contribution is -2.01. The van der Waals surface area contributed by atoms with Gasteiger partial charge in [-0.3, -0.25) is 4.57 Å². The molecule has 1 N–H and O–H groups in total. The highest BCUT2D eigenvalue weighted by molar-refractivity contribution is 7.71. The molecular weight excluding hydrogens is 258 g/mol. The van der Waals surface area contributed by atoms with E-state index in [1.54, 1.807) is 6.20 Å². The standard InChI is InChI=1S/C14H13N3OS/c1-2-18-12-8-4-3-7-11(12)17-13-10(16-14(17)19)6-5-9-15-13/h3-9H,2H2,1H3,(H,16,19). The lowest BCUT2D eigenvalue weighted by molar-refractivity contribution is 0.339. The number of fused-ring (bicyclic) bond motifs is 1. The number of hydrogen-bond acceptors (Lipinski definition) is 3. The van der Waals surface area contributed by atoms with E-state index in [0.717, 1.165) is 22.6 Å². The van der Waals surface area contributed by atoms with E-state index in [2.05, 4.69) is 9.97 Å². The summed E-state index contributed by atoms with van der Waals surface area (Å²) in [5.41, 5.74) is 2.62. The maximum atomic E-state index is 5.66. The lowest BCUT2D eigenvalue weighted by atomic mass is 10.3. The Morgan fingerprint density at radius 1 is 1.26 bits per heavy atom. The van der Waals surface area contributed by atoms with Gasteiger partial charge in [0.1, 0.15) is 5.75 Å². The van der Waals surface area contributed by atoms with Crippen LogP contribution in [0.15, 0.2) is 42.6 Å². The van der Waals surface area contributed by atoms with Gasteiger partial charge in [-0.25, -0.2) is 4.98 Å². The summed E-state index contributed by atoms with van der Waals surface area (Å²) in [6.45, 7) is 2.57. The summed E-state index contributed by atoms with van der Waals surface area (Å²) in [5.74, 6) is 0.799. The van der Waals surface area contributed by atoms with Crippen LogP contribution in [0.25, 0.3) is 16.9 Å². The zero-order chi connectivity index (χ0) is 13.2. The first-order valence-electron chi connectivity index (χ1n) is 6.09. The van der Waals surface area contributed by atoms with Crippen molar-refractivity contribution >= 4 is 23.4 Å². The molecule has 0 aliphatic carbocycles. The van der Waals surface area contributed by atoms with Gasteiger partial charge in [-0.2, -0.15) is 0 Å². The molecule has 0 aliphatic heterocycles. The molecule has 0 bridgehead atoms. The second-order valence-corrected chi connectivity index (χ2v) is 4.43. The minimum atomic E-state index is 0.611. The molecule has 0 radical (unpaired) electrons. The van der Waals surface area contributed by atoms with Crippen LogP contribution in [0, 0.1) is 4.77 Å². The number of pyridine rings is 1. The van der Waals surface area contributed by atoms with E-state index in [9.17, 15) is 0 Å². The molecule has 0 aliphatic rings. The van der Waals surface area contributed by atoms with Crippen LogP contribution in [-0.4, -0.2) is 21.1 Å². The molecule has 1 aromatic carbocycles. The van der Waals surface area contributed by atoms with Gasteiger partial charge in [0.05, 0.1) is 17.8 Å². The molecule has 19 heavy (non-hydrogen) atoms. The quantitative estimate of drug-likeness (QED) is 0.742. The van der Waals surface area contributed by atoms with E-state index in [0.29, 0.717) is 11.4 Å². The molecule has 0 saturated carbocycles. The van der Waals surface area contributed by atoms with Crippen LogP contribution in [0.2, 0.25) is 0 Å². The predicted octanol–water partition coefficient (Wildman–Crippen LogP) is 3.48. The molecule has 0 atom stereocenters. The van der Waals surface area contributed by atoms with Crippen molar-refractivity contribution in [1.29, 1.82) is 0 Å². The molecule has 0 saturated heterocycles. The Hall–Kier alpha value is -2.14. The summed E-state index contributed by atoms with van der Waals surface area (Å²) >= 11 is 5.39. The third-order valence-electron chi connectivity index (χ3n) is 2.85. The third kappa shape index (κ3) is 2.02. The molecule has 4 nitrogen and oxygen atoms in total. The molecule has 2 heterocycles. The summed E-state index contributed by atoms with van der Waals surface area (Å²) in [5, 5.41) is 0. The van der Waals surface area contributed by atoms with Crippen LogP contribution in [0.1, 0.15) is 6.92 Å². The first-order chi connectivity index (χ1) is 9.31. The summed E-state index contributed by atoms with van der Waals surface area (Å²) in [4.78, 5) is 7.54. The zero-order valence-electron chi connectivity index (χ0n) is 10.5. The van der Waals surface area contributed by atoms with Crippen LogP contribution < -0.4 is 4.74 Å². The Bertz CT molecular complexity index is 775. The predicted molar refractivity (Wildman–Crippen MR) is 77.4 cm³/mol. The van der Waals surface area contributed by atoms with Gasteiger partial charge in [-0.15, -0.1) is 0 Å². The van der Waals surface area contributed by atoms with Crippen LogP contribution in [0.4, 0.5) is 0 Å². The van der Waals surface area contributed by atoms with Gasteiger partial charge >= 0.3 is 0 Å². The van der Waals surface area contributed by atoms with Crippen LogP contribution >= 0.6 is 12.2 Å². The second-order valence-electron chi connectivity index (χ2n) is 4.04. The summed E-state index contributed by atoms with van der Waals surface area (Å²) in [7, 11) is 0. The minimum absolute atomic E-state index is 0.611. The molecule has 0 unspecified atom stereocenters. The maximum absolute atomic E-state index is 5.66. The van der Waals surface area contributed by atoms with E-state index in [-0.39, 0.29) is 0 Å². The molecule has 5 heteroatoms. The number of hydrogen-bond donors (Lipinski definition) is 1. The molecule has 2 aromatic heterocycles. The van der Waals surface area contributed by atoms with Crippen molar-refractivity contribution in [2.75, 3.05) is 6.61 Å². The van der Waals surface area contributed by atoms with E-state index in [4.69, 9.17) is 17.0 Å². The molecule has 3 aromatic rings. The van der Waals surface area contributed by atoms with Crippen molar-refractivity contribution in [3.8, 4) is 11.4 Å². The monoisotopic (exact) mass is 271 g/mol. The van der Waals surface area contributed by atoms with Gasteiger partial charge in [0.15, 0.2) is 10.4 Å². The van der Waals surface area contributed by atoms with E-state index < -0.39 is 0 Å². The van der Waals surface area contributed by atoms with Gasteiger partial charge < -0.3 is 9.72 Å². The highest BCUT2D eigenvalue weighted by atomic mass is 32.1. The molecule has 0 spiro atoms. The Labute approximate surface area is 115 Å². The van der Waals surface area contributed by atoms with Gasteiger partial charge in [-0.05, 0) is 43.4 Å². The average molecular weight is 271 g/mol. The van der Waals surface area contributed by atoms with Crippen molar-refractivity contribution in [2.24, 2.45) is 0 Å². The Kier molecular flexibility index (Phi) is 3.05. The number of aromatic amines is 1. The highest BCUT2D eigenvalue weighted by Gasteiger charge is 2.11. The molecule has 96 valence electrons. The highest BCUT2D eigenvalue weighted by Crippen LogP contribution is 2.26. The molecule has 0 fully saturated rings. The first-order valence-corrected chi connectivity index (χ1v) is 6.50. The largest absolute Gasteiger partial charge is 0.492 e. The molecule has 0 amide bonds. The van der Waals surface area contributed by atoms with Gasteiger partial charge in [0.25, 0.3) is 0 Å². The van der Waals surface area contributed by atoms with Gasteiger partial charge in [0.2, 0.25) is 0 Å². The number of ether oxygens (including phenoxy) is 1. The normalized spacial score (nSPS) is 10.8. The third-order valence-corrected chi connectivity index (χ3v) is 3.13. The number of benzene rings is 1. The molecule has 3 rings (SSSR count). The number of aromatic nitrogens is 3. The summed E-state index contributed by atoms with van der Waals surface area (Å²) in [6.07, 6.45) is 1.75. The Balaban J connectivity index is 2.30. The smallest absolute Gasteiger partial charge is 0.184 e. The number of nitrogens with zero attached hydrogens (tertiary/aromatic N) is 2.